The van der Waals surface area contributed by atoms with Crippen molar-refractivity contribution in [2.24, 2.45) is 5.92 Å². The Morgan fingerprint density at radius 2 is 1.81 bits per heavy atom. The molecule has 0 unspecified atom stereocenters. The second-order valence-corrected chi connectivity index (χ2v) is 7.37. The lowest BCUT2D eigenvalue weighted by Crippen LogP contribution is -2.52. The number of esters is 1. The monoisotopic (exact) mass is 369 g/mol. The van der Waals surface area contributed by atoms with Crippen LogP contribution in [0.3, 0.4) is 0 Å². The quantitative estimate of drug-likeness (QED) is 0.764. The summed E-state index contributed by atoms with van der Waals surface area (Å²) in [6.45, 7) is 3.29. The molecule has 0 radical (unpaired) electrons. The number of ether oxygens (including phenoxy) is 2. The minimum absolute atomic E-state index is 0.102. The van der Waals surface area contributed by atoms with Gasteiger partial charge in [0.25, 0.3) is 0 Å². The molecule has 4 rings (SSSR count). The number of benzene rings is 1. The van der Waals surface area contributed by atoms with Gasteiger partial charge in [-0.05, 0) is 24.0 Å². The summed E-state index contributed by atoms with van der Waals surface area (Å²) >= 11 is 0. The van der Waals surface area contributed by atoms with Crippen LogP contribution in [0.15, 0.2) is 24.3 Å². The Morgan fingerprint density at radius 3 is 2.50 bits per heavy atom. The first-order chi connectivity index (χ1) is 12.4. The van der Waals surface area contributed by atoms with Crippen molar-refractivity contribution in [3.05, 3.63) is 35.4 Å². The zero-order valence-electron chi connectivity index (χ0n) is 14.4. The third-order valence-electron chi connectivity index (χ3n) is 5.67. The van der Waals surface area contributed by atoms with Gasteiger partial charge in [-0.3, -0.25) is 9.69 Å². The highest BCUT2D eigenvalue weighted by molar-refractivity contribution is 5.78. The van der Waals surface area contributed by atoms with Gasteiger partial charge >= 0.3 is 12.1 Å². The van der Waals surface area contributed by atoms with Gasteiger partial charge in [-0.15, -0.1) is 0 Å². The number of hydrogen-bond acceptors (Lipinski definition) is 4. The van der Waals surface area contributed by atoms with Crippen LogP contribution in [0.4, 0.5) is 13.2 Å². The Labute approximate surface area is 150 Å². The van der Waals surface area contributed by atoms with E-state index < -0.39 is 17.7 Å². The maximum absolute atomic E-state index is 13.1. The standard InChI is InChI=1S/C19H22F3NO3/c20-19(21,22)17-4-2-1-3-14(17)15-11-16(15)18(24)26-13-9-12(10-13)23-5-7-25-8-6-23/h1-4,12-13,15-16H,5-11H2/t12?,13?,15-,16-/m0/s1. The van der Waals surface area contributed by atoms with Crippen LogP contribution < -0.4 is 0 Å². The van der Waals surface area contributed by atoms with Gasteiger partial charge in [0.05, 0.1) is 24.7 Å². The number of hydrogen-bond donors (Lipinski definition) is 0. The topological polar surface area (TPSA) is 38.8 Å². The summed E-state index contributed by atoms with van der Waals surface area (Å²) in [6, 6.07) is 5.94. The number of halogens is 3. The zero-order chi connectivity index (χ0) is 18.3. The van der Waals surface area contributed by atoms with E-state index in [1.165, 1.54) is 12.1 Å². The summed E-state index contributed by atoms with van der Waals surface area (Å²) < 4.78 is 50.2. The van der Waals surface area contributed by atoms with Crippen molar-refractivity contribution >= 4 is 5.97 Å². The highest BCUT2D eigenvalue weighted by Crippen LogP contribution is 2.52. The minimum Gasteiger partial charge on any atom is -0.462 e. The average Bonchev–Trinajstić information content (AvgIpc) is 3.38. The van der Waals surface area contributed by atoms with E-state index >= 15 is 0 Å². The lowest BCUT2D eigenvalue weighted by atomic mass is 9.87. The number of alkyl halides is 3. The lowest BCUT2D eigenvalue weighted by Gasteiger charge is -2.43. The van der Waals surface area contributed by atoms with E-state index in [0.717, 1.165) is 45.2 Å². The van der Waals surface area contributed by atoms with E-state index in [9.17, 15) is 18.0 Å². The van der Waals surface area contributed by atoms with Crippen molar-refractivity contribution in [2.75, 3.05) is 26.3 Å². The highest BCUT2D eigenvalue weighted by atomic mass is 19.4. The van der Waals surface area contributed by atoms with Crippen molar-refractivity contribution < 1.29 is 27.4 Å². The van der Waals surface area contributed by atoms with Crippen LogP contribution in [-0.2, 0) is 20.4 Å². The fraction of sp³-hybridized carbons (Fsp3) is 0.632. The number of carbonyl (C=O) groups is 1. The largest absolute Gasteiger partial charge is 0.462 e. The summed E-state index contributed by atoms with van der Waals surface area (Å²) in [5, 5.41) is 0. The van der Waals surface area contributed by atoms with Crippen molar-refractivity contribution in [2.45, 2.75) is 43.5 Å². The molecule has 3 aliphatic rings. The van der Waals surface area contributed by atoms with Crippen LogP contribution in [0.2, 0.25) is 0 Å². The zero-order valence-corrected chi connectivity index (χ0v) is 14.4. The van der Waals surface area contributed by atoms with Crippen molar-refractivity contribution in [3.63, 3.8) is 0 Å². The van der Waals surface area contributed by atoms with Gasteiger partial charge in [0.1, 0.15) is 6.10 Å². The van der Waals surface area contributed by atoms with Crippen molar-refractivity contribution in [1.29, 1.82) is 0 Å². The fourth-order valence-electron chi connectivity index (χ4n) is 4.00. The molecule has 2 saturated carbocycles. The molecule has 1 aromatic carbocycles. The number of rotatable bonds is 4. The Bertz CT molecular complexity index is 666. The molecule has 7 heteroatoms. The molecule has 2 atom stereocenters. The third kappa shape index (κ3) is 3.60. The van der Waals surface area contributed by atoms with Crippen molar-refractivity contribution in [3.8, 4) is 0 Å². The first kappa shape index (κ1) is 17.8. The number of morpholine rings is 1. The summed E-state index contributed by atoms with van der Waals surface area (Å²) in [7, 11) is 0. The third-order valence-corrected chi connectivity index (χ3v) is 5.67. The Balaban J connectivity index is 1.29. The molecule has 142 valence electrons. The maximum atomic E-state index is 13.1. The van der Waals surface area contributed by atoms with Gasteiger partial charge in [-0.1, -0.05) is 18.2 Å². The van der Waals surface area contributed by atoms with Gasteiger partial charge in [0.2, 0.25) is 0 Å². The normalized spacial score (nSPS) is 32.0. The van der Waals surface area contributed by atoms with E-state index in [1.807, 2.05) is 0 Å². The second kappa shape index (κ2) is 6.85. The van der Waals surface area contributed by atoms with Gasteiger partial charge < -0.3 is 9.47 Å². The Hall–Kier alpha value is -1.60. The first-order valence-electron chi connectivity index (χ1n) is 9.12. The molecule has 1 heterocycles. The average molecular weight is 369 g/mol. The Morgan fingerprint density at radius 1 is 1.12 bits per heavy atom. The summed E-state index contributed by atoms with van der Waals surface area (Å²) in [5.74, 6) is -1.17. The van der Waals surface area contributed by atoms with Crippen LogP contribution in [0, 0.1) is 5.92 Å². The van der Waals surface area contributed by atoms with Gasteiger partial charge in [-0.25, -0.2) is 0 Å². The smallest absolute Gasteiger partial charge is 0.416 e. The van der Waals surface area contributed by atoms with Crippen LogP contribution >= 0.6 is 0 Å². The SMILES string of the molecule is O=C(OC1CC(N2CCOCC2)C1)[C@H]1C[C@H]1c1ccccc1C(F)(F)F. The van der Waals surface area contributed by atoms with Crippen LogP contribution in [-0.4, -0.2) is 49.3 Å². The van der Waals surface area contributed by atoms with E-state index in [4.69, 9.17) is 9.47 Å². The Kier molecular flexibility index (Phi) is 4.69. The molecule has 1 saturated heterocycles. The summed E-state index contributed by atoms with van der Waals surface area (Å²) in [5.41, 5.74) is -0.432. The molecule has 0 bridgehead atoms. The van der Waals surface area contributed by atoms with Crippen LogP contribution in [0.5, 0.6) is 0 Å². The van der Waals surface area contributed by atoms with Gasteiger partial charge in [0.15, 0.2) is 0 Å². The minimum atomic E-state index is -4.40. The summed E-state index contributed by atoms with van der Waals surface area (Å²) in [4.78, 5) is 14.7. The lowest BCUT2D eigenvalue weighted by molar-refractivity contribution is -0.159. The van der Waals surface area contributed by atoms with Gasteiger partial charge in [-0.2, -0.15) is 13.2 Å². The molecule has 1 aliphatic heterocycles. The second-order valence-electron chi connectivity index (χ2n) is 7.37. The predicted octanol–water partition coefficient (Wildman–Crippen LogP) is 3.22. The molecule has 4 nitrogen and oxygen atoms in total. The van der Waals surface area contributed by atoms with E-state index in [1.54, 1.807) is 6.07 Å². The highest BCUT2D eigenvalue weighted by Gasteiger charge is 2.50. The molecule has 0 amide bonds. The molecular weight excluding hydrogens is 347 g/mol. The number of carbonyl (C=O) groups excluding carboxylic acids is 1. The molecule has 3 fully saturated rings. The molecular formula is C19H22F3NO3. The molecule has 1 aromatic rings. The van der Waals surface area contributed by atoms with Crippen LogP contribution in [0.1, 0.15) is 36.3 Å². The van der Waals surface area contributed by atoms with E-state index in [0.29, 0.717) is 12.5 Å². The van der Waals surface area contributed by atoms with Crippen molar-refractivity contribution in [1.82, 2.24) is 4.90 Å². The first-order valence-corrected chi connectivity index (χ1v) is 9.12. The maximum Gasteiger partial charge on any atom is 0.416 e. The molecule has 26 heavy (non-hydrogen) atoms. The number of nitrogens with zero attached hydrogens (tertiary/aromatic N) is 1. The van der Waals surface area contributed by atoms with E-state index in [-0.39, 0.29) is 23.6 Å². The summed E-state index contributed by atoms with van der Waals surface area (Å²) in [6.07, 6.45) is -2.45. The predicted molar refractivity (Wildman–Crippen MR) is 87.6 cm³/mol. The molecule has 0 N–H and O–H groups in total. The van der Waals surface area contributed by atoms with Crippen LogP contribution in [0.25, 0.3) is 0 Å². The van der Waals surface area contributed by atoms with Gasteiger partial charge in [0, 0.05) is 32.0 Å². The molecule has 0 aromatic heterocycles. The van der Waals surface area contributed by atoms with E-state index in [2.05, 4.69) is 4.90 Å². The molecule has 0 spiro atoms. The molecule has 2 aliphatic carbocycles. The fourth-order valence-corrected chi connectivity index (χ4v) is 4.00.